The van der Waals surface area contributed by atoms with Gasteiger partial charge in [0.15, 0.2) is 5.75 Å². The molecule has 0 aromatic heterocycles. The molecule has 0 amide bonds. The number of halogens is 1. The molecule has 11 heteroatoms. The lowest BCUT2D eigenvalue weighted by Gasteiger charge is -2.28. The molecule has 0 bridgehead atoms. The summed E-state index contributed by atoms with van der Waals surface area (Å²) in [6.45, 7) is 0.866. The van der Waals surface area contributed by atoms with Crippen LogP contribution in [0.25, 0.3) is 0 Å². The van der Waals surface area contributed by atoms with E-state index in [4.69, 9.17) is 25.8 Å². The van der Waals surface area contributed by atoms with Crippen LogP contribution in [-0.2, 0) is 24.3 Å². The molecule has 2 aliphatic rings. The van der Waals surface area contributed by atoms with Gasteiger partial charge in [0.05, 0.1) is 28.8 Å². The standard InChI is InChI=1S/C20H19ClN2O7S/c21-15-11-14(31(26,27)23-7-9-28-10-8-23)5-6-17(15)29-19(24)12-22-13-20(25)30-18-4-2-1-3-16(18)22/h1-6,11H,7-10,12-13H2. The van der Waals surface area contributed by atoms with Gasteiger partial charge in [0.25, 0.3) is 0 Å². The highest BCUT2D eigenvalue weighted by atomic mass is 35.5. The van der Waals surface area contributed by atoms with E-state index in [9.17, 15) is 18.0 Å². The molecule has 1 fully saturated rings. The number of benzene rings is 2. The normalized spacial score (nSPS) is 17.1. The number of fused-ring (bicyclic) bond motifs is 1. The molecule has 0 unspecified atom stereocenters. The van der Waals surface area contributed by atoms with Gasteiger partial charge in [-0.05, 0) is 30.3 Å². The van der Waals surface area contributed by atoms with Crippen molar-refractivity contribution in [1.82, 2.24) is 4.31 Å². The Morgan fingerprint density at radius 3 is 2.61 bits per heavy atom. The summed E-state index contributed by atoms with van der Waals surface area (Å²) in [7, 11) is -3.72. The summed E-state index contributed by atoms with van der Waals surface area (Å²) in [5, 5.41) is -0.0128. The number of hydrogen-bond donors (Lipinski definition) is 0. The predicted octanol–water partition coefficient (Wildman–Crippen LogP) is 1.69. The van der Waals surface area contributed by atoms with Crippen LogP contribution in [0.5, 0.6) is 11.5 Å². The highest BCUT2D eigenvalue weighted by molar-refractivity contribution is 7.89. The van der Waals surface area contributed by atoms with Gasteiger partial charge in [-0.1, -0.05) is 23.7 Å². The smallest absolute Gasteiger partial charge is 0.331 e. The fourth-order valence-corrected chi connectivity index (χ4v) is 5.03. The highest BCUT2D eigenvalue weighted by Crippen LogP contribution is 2.32. The van der Waals surface area contributed by atoms with Crippen LogP contribution < -0.4 is 14.4 Å². The van der Waals surface area contributed by atoms with Gasteiger partial charge in [0, 0.05) is 13.1 Å². The minimum Gasteiger partial charge on any atom is -0.424 e. The Balaban J connectivity index is 1.46. The van der Waals surface area contributed by atoms with Crippen LogP contribution in [0.1, 0.15) is 0 Å². The number of para-hydroxylation sites is 2. The van der Waals surface area contributed by atoms with E-state index in [0.717, 1.165) is 0 Å². The summed E-state index contributed by atoms with van der Waals surface area (Å²) >= 11 is 6.19. The molecule has 2 aliphatic heterocycles. The summed E-state index contributed by atoms with van der Waals surface area (Å²) in [4.78, 5) is 25.8. The molecular formula is C20H19ClN2O7S. The summed E-state index contributed by atoms with van der Waals surface area (Å²) in [5.74, 6) is -0.750. The number of carbonyl (C=O) groups excluding carboxylic acids is 2. The lowest BCUT2D eigenvalue weighted by molar-refractivity contribution is -0.134. The maximum Gasteiger partial charge on any atom is 0.331 e. The topological polar surface area (TPSA) is 102 Å². The zero-order valence-corrected chi connectivity index (χ0v) is 17.9. The third kappa shape index (κ3) is 4.67. The molecule has 0 saturated carbocycles. The molecule has 0 N–H and O–H groups in total. The Morgan fingerprint density at radius 2 is 1.87 bits per heavy atom. The number of anilines is 1. The van der Waals surface area contributed by atoms with Crippen molar-refractivity contribution >= 4 is 39.3 Å². The van der Waals surface area contributed by atoms with Crippen molar-refractivity contribution in [1.29, 1.82) is 0 Å². The molecule has 31 heavy (non-hydrogen) atoms. The van der Waals surface area contributed by atoms with E-state index < -0.39 is 22.0 Å². The fourth-order valence-electron chi connectivity index (χ4n) is 3.31. The van der Waals surface area contributed by atoms with Crippen LogP contribution in [0.15, 0.2) is 47.4 Å². The first-order chi connectivity index (χ1) is 14.8. The van der Waals surface area contributed by atoms with Crippen molar-refractivity contribution in [2.75, 3.05) is 44.3 Å². The highest BCUT2D eigenvalue weighted by Gasteiger charge is 2.28. The van der Waals surface area contributed by atoms with E-state index in [1.165, 1.54) is 27.4 Å². The first-order valence-corrected chi connectivity index (χ1v) is 11.3. The predicted molar refractivity (Wildman–Crippen MR) is 111 cm³/mol. The summed E-state index contributed by atoms with van der Waals surface area (Å²) in [6.07, 6.45) is 0. The second kappa shape index (κ2) is 8.83. The average Bonchev–Trinajstić information content (AvgIpc) is 2.75. The molecule has 0 atom stereocenters. The molecule has 9 nitrogen and oxygen atoms in total. The Hall–Kier alpha value is -2.66. The molecule has 164 valence electrons. The van der Waals surface area contributed by atoms with E-state index in [1.807, 2.05) is 0 Å². The molecule has 4 rings (SSSR count). The second-order valence-electron chi connectivity index (χ2n) is 6.88. The molecule has 2 heterocycles. The summed E-state index contributed by atoms with van der Waals surface area (Å²) < 4.78 is 42.5. The third-order valence-corrected chi connectivity index (χ3v) is 6.99. The molecule has 0 spiro atoms. The third-order valence-electron chi connectivity index (χ3n) is 4.80. The summed E-state index contributed by atoms with van der Waals surface area (Å²) in [6, 6.07) is 10.8. The van der Waals surface area contributed by atoms with E-state index in [0.29, 0.717) is 24.7 Å². The lowest BCUT2D eigenvalue weighted by Crippen LogP contribution is -2.41. The first kappa shape index (κ1) is 21.6. The molecule has 1 saturated heterocycles. The van der Waals surface area contributed by atoms with Gasteiger partial charge in [0.2, 0.25) is 10.0 Å². The van der Waals surface area contributed by atoms with Gasteiger partial charge in [-0.2, -0.15) is 4.31 Å². The van der Waals surface area contributed by atoms with E-state index >= 15 is 0 Å². The second-order valence-corrected chi connectivity index (χ2v) is 9.23. The Labute approximate surface area is 184 Å². The minimum absolute atomic E-state index is 0.00639. The number of carbonyl (C=O) groups is 2. The van der Waals surface area contributed by atoms with Gasteiger partial charge in [-0.3, -0.25) is 0 Å². The number of nitrogens with zero attached hydrogens (tertiary/aromatic N) is 2. The van der Waals surface area contributed by atoms with Crippen LogP contribution >= 0.6 is 11.6 Å². The molecule has 0 aliphatic carbocycles. The van der Waals surface area contributed by atoms with Gasteiger partial charge in [-0.15, -0.1) is 0 Å². The Bertz CT molecular complexity index is 1120. The number of ether oxygens (including phenoxy) is 3. The van der Waals surface area contributed by atoms with Gasteiger partial charge in [-0.25, -0.2) is 18.0 Å². The van der Waals surface area contributed by atoms with Crippen molar-refractivity contribution in [2.45, 2.75) is 4.90 Å². The lowest BCUT2D eigenvalue weighted by atomic mass is 10.2. The maximum atomic E-state index is 12.7. The quantitative estimate of drug-likeness (QED) is 0.484. The van der Waals surface area contributed by atoms with Gasteiger partial charge >= 0.3 is 11.9 Å². The number of rotatable bonds is 5. The van der Waals surface area contributed by atoms with Crippen LogP contribution in [0.2, 0.25) is 5.02 Å². The SMILES string of the molecule is O=C(CN1CC(=O)Oc2ccccc21)Oc1ccc(S(=O)(=O)N2CCOCC2)cc1Cl. The van der Waals surface area contributed by atoms with Crippen LogP contribution in [0.4, 0.5) is 5.69 Å². The number of morpholine rings is 1. The van der Waals surface area contributed by atoms with Crippen LogP contribution in [-0.4, -0.2) is 64.1 Å². The molecule has 2 aromatic carbocycles. The van der Waals surface area contributed by atoms with Gasteiger partial charge in [0.1, 0.15) is 18.8 Å². The number of hydrogen-bond acceptors (Lipinski definition) is 8. The van der Waals surface area contributed by atoms with Crippen molar-refractivity contribution in [3.63, 3.8) is 0 Å². The van der Waals surface area contributed by atoms with Crippen molar-refractivity contribution in [3.8, 4) is 11.5 Å². The van der Waals surface area contributed by atoms with E-state index in [2.05, 4.69) is 0 Å². The van der Waals surface area contributed by atoms with Crippen molar-refractivity contribution in [2.24, 2.45) is 0 Å². The summed E-state index contributed by atoms with van der Waals surface area (Å²) in [5.41, 5.74) is 0.595. The zero-order chi connectivity index (χ0) is 22.0. The minimum atomic E-state index is -3.72. The fraction of sp³-hybridized carbons (Fsp3) is 0.300. The molecule has 2 aromatic rings. The number of sulfonamides is 1. The van der Waals surface area contributed by atoms with E-state index in [1.54, 1.807) is 24.3 Å². The molecule has 0 radical (unpaired) electrons. The van der Waals surface area contributed by atoms with E-state index in [-0.39, 0.29) is 41.8 Å². The Morgan fingerprint density at radius 1 is 1.13 bits per heavy atom. The van der Waals surface area contributed by atoms with Gasteiger partial charge < -0.3 is 19.1 Å². The zero-order valence-electron chi connectivity index (χ0n) is 16.3. The van der Waals surface area contributed by atoms with Crippen molar-refractivity contribution in [3.05, 3.63) is 47.5 Å². The number of esters is 2. The molecular weight excluding hydrogens is 448 g/mol. The first-order valence-electron chi connectivity index (χ1n) is 9.47. The van der Waals surface area contributed by atoms with Crippen LogP contribution in [0.3, 0.4) is 0 Å². The van der Waals surface area contributed by atoms with Crippen LogP contribution in [0, 0.1) is 0 Å². The monoisotopic (exact) mass is 466 g/mol. The maximum absolute atomic E-state index is 12.7. The largest absolute Gasteiger partial charge is 0.424 e. The Kier molecular flexibility index (Phi) is 6.15. The van der Waals surface area contributed by atoms with Crippen molar-refractivity contribution < 1.29 is 32.2 Å². The average molecular weight is 467 g/mol.